The van der Waals surface area contributed by atoms with Crippen molar-refractivity contribution in [3.63, 3.8) is 0 Å². The Morgan fingerprint density at radius 2 is 1.92 bits per heavy atom. The van der Waals surface area contributed by atoms with Crippen LogP contribution < -0.4 is 5.32 Å². The van der Waals surface area contributed by atoms with Crippen molar-refractivity contribution in [3.05, 3.63) is 83.5 Å². The second kappa shape index (κ2) is 9.89. The summed E-state index contributed by atoms with van der Waals surface area (Å²) in [6.45, 7) is 5.86. The van der Waals surface area contributed by atoms with E-state index in [1.807, 2.05) is 74.1 Å². The van der Waals surface area contributed by atoms with Gasteiger partial charge in [-0.25, -0.2) is 0 Å². The number of carboxylic acid groups (broad SMARTS) is 1. The summed E-state index contributed by atoms with van der Waals surface area (Å²) in [5, 5.41) is 26.3. The summed E-state index contributed by atoms with van der Waals surface area (Å²) < 4.78 is 1.97. The van der Waals surface area contributed by atoms with Crippen molar-refractivity contribution in [2.45, 2.75) is 39.2 Å². The lowest BCUT2D eigenvalue weighted by molar-refractivity contribution is -0.141. The van der Waals surface area contributed by atoms with Gasteiger partial charge >= 0.3 is 5.97 Å². The summed E-state index contributed by atoms with van der Waals surface area (Å²) in [4.78, 5) is 25.0. The molecule has 37 heavy (non-hydrogen) atoms. The molecular weight excluding hydrogens is 486 g/mol. The predicted molar refractivity (Wildman–Crippen MR) is 143 cm³/mol. The molecular formula is C28H29N5O3S. The summed E-state index contributed by atoms with van der Waals surface area (Å²) in [5.74, 6) is -1.60. The lowest BCUT2D eigenvalue weighted by Gasteiger charge is -2.34. The smallest absolute Gasteiger partial charge is 0.310 e. The molecule has 190 valence electrons. The third-order valence-electron chi connectivity index (χ3n) is 7.34. The van der Waals surface area contributed by atoms with Gasteiger partial charge in [-0.05, 0) is 35.6 Å². The Hall–Kier alpha value is -3.85. The van der Waals surface area contributed by atoms with E-state index in [9.17, 15) is 14.7 Å². The number of nitrogens with zero attached hydrogens (tertiary/aromatic N) is 4. The third kappa shape index (κ3) is 4.79. The highest BCUT2D eigenvalue weighted by Gasteiger charge is 2.39. The average Bonchev–Trinajstić information content (AvgIpc) is 3.54. The molecule has 2 N–H and O–H groups in total. The molecule has 3 unspecified atom stereocenters. The van der Waals surface area contributed by atoms with Gasteiger partial charge in [-0.2, -0.15) is 5.10 Å². The number of carbonyl (C=O) groups excluding carboxylic acids is 1. The number of hydrogen-bond acceptors (Lipinski definition) is 6. The van der Waals surface area contributed by atoms with Crippen LogP contribution in [0.4, 0.5) is 5.13 Å². The van der Waals surface area contributed by atoms with Crippen molar-refractivity contribution in [3.8, 4) is 0 Å². The molecule has 2 aromatic carbocycles. The number of hydrogen-bond donors (Lipinski definition) is 2. The maximum atomic E-state index is 13.5. The number of fused-ring (bicyclic) bond motifs is 1. The zero-order valence-electron chi connectivity index (χ0n) is 20.9. The van der Waals surface area contributed by atoms with Crippen molar-refractivity contribution in [1.29, 1.82) is 0 Å². The maximum absolute atomic E-state index is 13.5. The molecule has 0 fully saturated rings. The summed E-state index contributed by atoms with van der Waals surface area (Å²) in [5.41, 5.74) is 3.81. The fraction of sp³-hybridized carbons (Fsp3) is 0.321. The largest absolute Gasteiger partial charge is 0.481 e. The number of nitrogens with one attached hydrogen (secondary N) is 1. The van der Waals surface area contributed by atoms with E-state index in [0.29, 0.717) is 11.6 Å². The molecule has 0 radical (unpaired) electrons. The van der Waals surface area contributed by atoms with Crippen LogP contribution in [0.2, 0.25) is 0 Å². The predicted octanol–water partition coefficient (Wildman–Crippen LogP) is 5.52. The minimum Gasteiger partial charge on any atom is -0.481 e. The SMILES string of the molecule is CC1CC(n2ncc3cc(C(c4ccccc4)C(C)(C)C(=O)Nc4nncs4)ccc32)C=C[C@H]1C(=O)O. The van der Waals surface area contributed by atoms with Crippen LogP contribution in [0.25, 0.3) is 10.9 Å². The standard InChI is InChI=1S/C28H29N5O3S/c1-17-13-21(10-11-22(17)25(34)35)33-23-12-9-19(14-20(23)15-30-33)24(18-7-5-4-6-8-18)28(2,3)26(36)31-27-32-29-16-37-27/h4-12,14-17,21-22,24H,13H2,1-3H3,(H,34,35)(H,31,32,36)/t17?,21?,22-,24?/m1/s1. The molecule has 0 spiro atoms. The first-order valence-electron chi connectivity index (χ1n) is 12.3. The number of benzene rings is 2. The molecule has 9 heteroatoms. The van der Waals surface area contributed by atoms with Gasteiger partial charge in [0.15, 0.2) is 0 Å². The number of rotatable bonds is 7. The number of allylic oxidation sites excluding steroid dienone is 1. The number of carbonyl (C=O) groups is 2. The van der Waals surface area contributed by atoms with Crippen LogP contribution in [0.1, 0.15) is 50.3 Å². The second-order valence-electron chi connectivity index (χ2n) is 10.2. The van der Waals surface area contributed by atoms with Crippen LogP contribution in [0.5, 0.6) is 0 Å². The van der Waals surface area contributed by atoms with E-state index >= 15 is 0 Å². The first-order valence-corrected chi connectivity index (χ1v) is 13.1. The average molecular weight is 516 g/mol. The minimum atomic E-state index is -0.802. The third-order valence-corrected chi connectivity index (χ3v) is 7.95. The number of amides is 1. The van der Waals surface area contributed by atoms with Gasteiger partial charge in [0, 0.05) is 11.3 Å². The summed E-state index contributed by atoms with van der Waals surface area (Å²) in [7, 11) is 0. The lowest BCUT2D eigenvalue weighted by Crippen LogP contribution is -2.37. The quantitative estimate of drug-likeness (QED) is 0.314. The van der Waals surface area contributed by atoms with E-state index in [2.05, 4.69) is 32.7 Å². The monoisotopic (exact) mass is 515 g/mol. The highest BCUT2D eigenvalue weighted by molar-refractivity contribution is 7.13. The Morgan fingerprint density at radius 1 is 1.14 bits per heavy atom. The normalized spacial score (nSPS) is 20.6. The van der Waals surface area contributed by atoms with Crippen LogP contribution in [0.3, 0.4) is 0 Å². The van der Waals surface area contributed by atoms with E-state index in [1.165, 1.54) is 11.3 Å². The van der Waals surface area contributed by atoms with E-state index in [4.69, 9.17) is 0 Å². The molecule has 0 saturated heterocycles. The van der Waals surface area contributed by atoms with Gasteiger partial charge in [0.1, 0.15) is 5.51 Å². The fourth-order valence-corrected chi connectivity index (χ4v) is 5.79. The molecule has 1 amide bonds. The van der Waals surface area contributed by atoms with E-state index in [1.54, 1.807) is 11.6 Å². The van der Waals surface area contributed by atoms with Crippen LogP contribution in [-0.2, 0) is 9.59 Å². The van der Waals surface area contributed by atoms with Gasteiger partial charge in [-0.3, -0.25) is 14.3 Å². The van der Waals surface area contributed by atoms with Gasteiger partial charge in [-0.1, -0.05) is 80.7 Å². The highest BCUT2D eigenvalue weighted by atomic mass is 32.1. The molecule has 2 heterocycles. The molecule has 1 aliphatic rings. The van der Waals surface area contributed by atoms with Crippen molar-refractivity contribution in [2.75, 3.05) is 5.32 Å². The number of anilines is 1. The van der Waals surface area contributed by atoms with Crippen molar-refractivity contribution in [2.24, 2.45) is 17.3 Å². The Morgan fingerprint density at radius 3 is 2.59 bits per heavy atom. The summed E-state index contributed by atoms with van der Waals surface area (Å²) in [6.07, 6.45) is 6.29. The number of carboxylic acids is 1. The molecule has 8 nitrogen and oxygen atoms in total. The van der Waals surface area contributed by atoms with Crippen LogP contribution >= 0.6 is 11.3 Å². The van der Waals surface area contributed by atoms with E-state index in [-0.39, 0.29) is 23.8 Å². The van der Waals surface area contributed by atoms with Gasteiger partial charge in [0.25, 0.3) is 0 Å². The van der Waals surface area contributed by atoms with Crippen molar-refractivity contribution in [1.82, 2.24) is 20.0 Å². The van der Waals surface area contributed by atoms with Gasteiger partial charge in [0.2, 0.25) is 11.0 Å². The van der Waals surface area contributed by atoms with Crippen molar-refractivity contribution < 1.29 is 14.7 Å². The second-order valence-corrected chi connectivity index (χ2v) is 11.0. The van der Waals surface area contributed by atoms with E-state index in [0.717, 1.165) is 22.0 Å². The Labute approximate surface area is 219 Å². The van der Waals surface area contributed by atoms with Crippen LogP contribution in [0, 0.1) is 17.3 Å². The number of aliphatic carboxylic acids is 1. The molecule has 0 bridgehead atoms. The zero-order chi connectivity index (χ0) is 26.2. The van der Waals surface area contributed by atoms with Crippen molar-refractivity contribution >= 4 is 39.2 Å². The van der Waals surface area contributed by atoms with Gasteiger partial charge < -0.3 is 10.4 Å². The molecule has 2 aromatic heterocycles. The summed E-state index contributed by atoms with van der Waals surface area (Å²) in [6, 6.07) is 16.2. The lowest BCUT2D eigenvalue weighted by atomic mass is 9.70. The van der Waals surface area contributed by atoms with Gasteiger partial charge in [0.05, 0.1) is 29.1 Å². The Bertz CT molecular complexity index is 1450. The first-order chi connectivity index (χ1) is 17.8. The Kier molecular flexibility index (Phi) is 6.64. The Balaban J connectivity index is 1.51. The van der Waals surface area contributed by atoms with Crippen LogP contribution in [0.15, 0.2) is 72.4 Å². The van der Waals surface area contributed by atoms with Crippen LogP contribution in [-0.4, -0.2) is 37.0 Å². The molecule has 0 saturated carbocycles. The molecule has 1 aliphatic carbocycles. The van der Waals surface area contributed by atoms with E-state index < -0.39 is 17.3 Å². The molecule has 4 aromatic rings. The van der Waals surface area contributed by atoms with Gasteiger partial charge in [-0.15, -0.1) is 10.2 Å². The molecule has 0 aliphatic heterocycles. The molecule has 4 atom stereocenters. The topological polar surface area (TPSA) is 110 Å². The molecule has 5 rings (SSSR count). The first kappa shape index (κ1) is 24.8. The number of aromatic nitrogens is 4. The maximum Gasteiger partial charge on any atom is 0.310 e. The fourth-order valence-electron chi connectivity index (χ4n) is 5.35. The zero-order valence-corrected chi connectivity index (χ0v) is 21.7. The minimum absolute atomic E-state index is 0.00649. The summed E-state index contributed by atoms with van der Waals surface area (Å²) >= 11 is 1.29. The highest BCUT2D eigenvalue weighted by Crippen LogP contribution is 2.43.